The Morgan fingerprint density at radius 3 is 2.72 bits per heavy atom. The molecule has 0 spiro atoms. The van der Waals surface area contributed by atoms with Crippen molar-refractivity contribution >= 4 is 17.5 Å². The van der Waals surface area contributed by atoms with Crippen LogP contribution in [0.25, 0.3) is 0 Å². The lowest BCUT2D eigenvalue weighted by Crippen LogP contribution is -2.42. The van der Waals surface area contributed by atoms with Crippen LogP contribution in [-0.2, 0) is 9.53 Å². The van der Waals surface area contributed by atoms with Gasteiger partial charge >= 0.3 is 0 Å². The van der Waals surface area contributed by atoms with Crippen LogP contribution in [0.3, 0.4) is 0 Å². The number of ether oxygens (including phenoxy) is 1. The van der Waals surface area contributed by atoms with Gasteiger partial charge in [0, 0.05) is 13.1 Å². The van der Waals surface area contributed by atoms with Crippen LogP contribution in [-0.4, -0.2) is 37.1 Å². The van der Waals surface area contributed by atoms with Gasteiger partial charge in [0.25, 0.3) is 0 Å². The van der Waals surface area contributed by atoms with Crippen LogP contribution in [0.15, 0.2) is 18.2 Å². The van der Waals surface area contributed by atoms with Crippen molar-refractivity contribution in [1.82, 2.24) is 4.90 Å². The number of nitrogens with zero attached hydrogens (tertiary/aromatic N) is 1. The predicted molar refractivity (Wildman–Crippen MR) is 67.1 cm³/mol. The molecule has 1 atom stereocenters. The molecule has 1 aliphatic heterocycles. The molecule has 1 aromatic rings. The Balaban J connectivity index is 2.14. The highest BCUT2D eigenvalue weighted by Gasteiger charge is 2.26. The highest BCUT2D eigenvalue weighted by Crippen LogP contribution is 2.26. The fourth-order valence-corrected chi connectivity index (χ4v) is 2.38. The number of amides is 1. The minimum Gasteiger partial charge on any atom is -0.378 e. The van der Waals surface area contributed by atoms with Crippen molar-refractivity contribution in [3.8, 4) is 0 Å². The Labute approximate surface area is 110 Å². The summed E-state index contributed by atoms with van der Waals surface area (Å²) in [6.45, 7) is 3.94. The monoisotopic (exact) mass is 271 g/mol. The molecule has 2 rings (SSSR count). The van der Waals surface area contributed by atoms with Gasteiger partial charge in [0.05, 0.1) is 13.2 Å². The van der Waals surface area contributed by atoms with E-state index in [0.717, 1.165) is 0 Å². The normalized spacial score (nSPS) is 17.6. The zero-order chi connectivity index (χ0) is 13.1. The van der Waals surface area contributed by atoms with Gasteiger partial charge in [0.15, 0.2) is 0 Å². The Hall–Kier alpha value is -1.13. The molecule has 98 valence electrons. The van der Waals surface area contributed by atoms with Gasteiger partial charge in [-0.05, 0) is 30.2 Å². The molecule has 0 radical (unpaired) electrons. The van der Waals surface area contributed by atoms with E-state index < -0.39 is 5.38 Å². The van der Waals surface area contributed by atoms with Crippen LogP contribution in [0.5, 0.6) is 0 Å². The quantitative estimate of drug-likeness (QED) is 0.773. The van der Waals surface area contributed by atoms with Crippen LogP contribution in [0.2, 0.25) is 0 Å². The zero-order valence-corrected chi connectivity index (χ0v) is 10.9. The van der Waals surface area contributed by atoms with E-state index >= 15 is 0 Å². The van der Waals surface area contributed by atoms with E-state index in [1.54, 1.807) is 17.9 Å². The predicted octanol–water partition coefficient (Wildman–Crippen LogP) is 2.27. The maximum Gasteiger partial charge on any atom is 0.245 e. The smallest absolute Gasteiger partial charge is 0.245 e. The fraction of sp³-hybridized carbons (Fsp3) is 0.462. The largest absolute Gasteiger partial charge is 0.378 e. The van der Waals surface area contributed by atoms with Crippen molar-refractivity contribution in [1.29, 1.82) is 0 Å². The maximum absolute atomic E-state index is 13.0. The minimum absolute atomic E-state index is 0.144. The summed E-state index contributed by atoms with van der Waals surface area (Å²) in [6, 6.07) is 4.28. The molecule has 1 saturated heterocycles. The topological polar surface area (TPSA) is 29.5 Å². The number of hydrogen-bond acceptors (Lipinski definition) is 2. The Morgan fingerprint density at radius 1 is 1.44 bits per heavy atom. The van der Waals surface area contributed by atoms with Gasteiger partial charge < -0.3 is 9.64 Å². The molecule has 1 aromatic carbocycles. The molecule has 1 unspecified atom stereocenters. The van der Waals surface area contributed by atoms with E-state index in [2.05, 4.69) is 0 Å². The summed E-state index contributed by atoms with van der Waals surface area (Å²) < 4.78 is 18.2. The van der Waals surface area contributed by atoms with Gasteiger partial charge in [-0.15, -0.1) is 11.6 Å². The first kappa shape index (κ1) is 13.3. The number of carbonyl (C=O) groups is 1. The lowest BCUT2D eigenvalue weighted by Gasteiger charge is -2.29. The first-order chi connectivity index (χ1) is 8.59. The first-order valence-corrected chi connectivity index (χ1v) is 6.30. The average molecular weight is 272 g/mol. The molecule has 5 heteroatoms. The van der Waals surface area contributed by atoms with Crippen LogP contribution >= 0.6 is 11.6 Å². The molecular formula is C13H15ClFNO2. The highest BCUT2D eigenvalue weighted by atomic mass is 35.5. The van der Waals surface area contributed by atoms with Crippen molar-refractivity contribution < 1.29 is 13.9 Å². The average Bonchev–Trinajstić information content (AvgIpc) is 2.38. The summed E-state index contributed by atoms with van der Waals surface area (Å²) >= 11 is 6.19. The molecule has 0 bridgehead atoms. The van der Waals surface area contributed by atoms with E-state index in [-0.39, 0.29) is 11.7 Å². The molecule has 0 aromatic heterocycles. The number of aryl methyl sites for hydroxylation is 1. The number of halogens is 2. The molecule has 1 heterocycles. The maximum atomic E-state index is 13.0. The summed E-state index contributed by atoms with van der Waals surface area (Å²) in [5, 5.41) is -0.760. The number of benzene rings is 1. The summed E-state index contributed by atoms with van der Waals surface area (Å²) in [5.41, 5.74) is 1.35. The Morgan fingerprint density at radius 2 is 2.11 bits per heavy atom. The van der Waals surface area contributed by atoms with E-state index in [1.807, 2.05) is 0 Å². The minimum atomic E-state index is -0.760. The van der Waals surface area contributed by atoms with E-state index in [4.69, 9.17) is 16.3 Å². The van der Waals surface area contributed by atoms with Crippen molar-refractivity contribution in [3.63, 3.8) is 0 Å². The summed E-state index contributed by atoms with van der Waals surface area (Å²) in [5.74, 6) is -0.464. The van der Waals surface area contributed by atoms with Crippen LogP contribution in [0.4, 0.5) is 4.39 Å². The third kappa shape index (κ3) is 2.82. The van der Waals surface area contributed by atoms with Gasteiger partial charge in [-0.25, -0.2) is 4.39 Å². The van der Waals surface area contributed by atoms with Gasteiger partial charge in [-0.1, -0.05) is 6.07 Å². The molecule has 1 fully saturated rings. The van der Waals surface area contributed by atoms with Crippen molar-refractivity contribution in [2.24, 2.45) is 0 Å². The second-order valence-corrected chi connectivity index (χ2v) is 4.74. The Kier molecular flexibility index (Phi) is 4.19. The molecule has 1 aliphatic rings. The summed E-state index contributed by atoms with van der Waals surface area (Å²) in [4.78, 5) is 13.9. The second kappa shape index (κ2) is 5.67. The van der Waals surface area contributed by atoms with Crippen molar-refractivity contribution in [2.45, 2.75) is 12.3 Å². The molecule has 1 amide bonds. The van der Waals surface area contributed by atoms with Gasteiger partial charge in [0.2, 0.25) is 5.91 Å². The molecule has 18 heavy (non-hydrogen) atoms. The van der Waals surface area contributed by atoms with Crippen LogP contribution in [0.1, 0.15) is 16.5 Å². The Bertz CT molecular complexity index is 447. The zero-order valence-electron chi connectivity index (χ0n) is 10.2. The fourth-order valence-electron chi connectivity index (χ4n) is 2.00. The number of carbonyl (C=O) groups excluding carboxylic acids is 1. The molecule has 0 saturated carbocycles. The van der Waals surface area contributed by atoms with Crippen molar-refractivity contribution in [3.05, 3.63) is 35.1 Å². The summed E-state index contributed by atoms with van der Waals surface area (Å²) in [7, 11) is 0. The number of hydrogen-bond donors (Lipinski definition) is 0. The number of rotatable bonds is 2. The lowest BCUT2D eigenvalue weighted by molar-refractivity contribution is -0.134. The van der Waals surface area contributed by atoms with Gasteiger partial charge in [-0.2, -0.15) is 0 Å². The number of alkyl halides is 1. The molecule has 0 N–H and O–H groups in total. The SMILES string of the molecule is Cc1cc(F)ccc1C(Cl)C(=O)N1CCOCC1. The van der Waals surface area contributed by atoms with Crippen molar-refractivity contribution in [2.75, 3.05) is 26.3 Å². The second-order valence-electron chi connectivity index (χ2n) is 4.30. The number of morpholine rings is 1. The standard InChI is InChI=1S/C13H15ClFNO2/c1-9-8-10(15)2-3-11(9)12(14)13(17)16-4-6-18-7-5-16/h2-3,8,12H,4-7H2,1H3. The van der Waals surface area contributed by atoms with E-state index in [0.29, 0.717) is 37.4 Å². The van der Waals surface area contributed by atoms with E-state index in [9.17, 15) is 9.18 Å². The van der Waals surface area contributed by atoms with E-state index in [1.165, 1.54) is 12.1 Å². The highest BCUT2D eigenvalue weighted by molar-refractivity contribution is 6.30. The molecule has 0 aliphatic carbocycles. The van der Waals surface area contributed by atoms with Crippen LogP contribution in [0, 0.1) is 12.7 Å². The third-order valence-electron chi connectivity index (χ3n) is 3.04. The van der Waals surface area contributed by atoms with Gasteiger partial charge in [-0.3, -0.25) is 4.79 Å². The van der Waals surface area contributed by atoms with Gasteiger partial charge in [0.1, 0.15) is 11.2 Å². The third-order valence-corrected chi connectivity index (χ3v) is 3.47. The molecule has 3 nitrogen and oxygen atoms in total. The van der Waals surface area contributed by atoms with Crippen LogP contribution < -0.4 is 0 Å². The lowest BCUT2D eigenvalue weighted by atomic mass is 10.0. The first-order valence-electron chi connectivity index (χ1n) is 5.86. The summed E-state index contributed by atoms with van der Waals surface area (Å²) in [6.07, 6.45) is 0. The molecular weight excluding hydrogens is 257 g/mol.